The van der Waals surface area contributed by atoms with E-state index in [-0.39, 0.29) is 24.5 Å². The molecule has 0 radical (unpaired) electrons. The van der Waals surface area contributed by atoms with Crippen molar-refractivity contribution in [1.29, 1.82) is 0 Å². The first kappa shape index (κ1) is 10.8. The molecule has 0 aliphatic heterocycles. The van der Waals surface area contributed by atoms with Crippen LogP contribution in [0.3, 0.4) is 0 Å². The fourth-order valence-corrected chi connectivity index (χ4v) is 1.07. The Morgan fingerprint density at radius 1 is 1.64 bits per heavy atom. The highest BCUT2D eigenvalue weighted by Crippen LogP contribution is 2.04. The third-order valence-electron chi connectivity index (χ3n) is 2.10. The molecule has 0 saturated carbocycles. The third-order valence-corrected chi connectivity index (χ3v) is 2.10. The molecule has 0 bridgehead atoms. The second kappa shape index (κ2) is 4.81. The molecule has 0 aromatic carbocycles. The predicted octanol–water partition coefficient (Wildman–Crippen LogP) is 1.03. The zero-order valence-corrected chi connectivity index (χ0v) is 8.36. The zero-order chi connectivity index (χ0) is 10.6. The fraction of sp³-hybridized carbons (Fsp3) is 0.500. The summed E-state index contributed by atoms with van der Waals surface area (Å²) in [4.78, 5) is 11.5. The summed E-state index contributed by atoms with van der Waals surface area (Å²) in [5.74, 6) is -0.0117. The summed E-state index contributed by atoms with van der Waals surface area (Å²) in [5, 5.41) is 11.7. The largest absolute Gasteiger partial charge is 0.472 e. The van der Waals surface area contributed by atoms with Gasteiger partial charge >= 0.3 is 0 Å². The van der Waals surface area contributed by atoms with Crippen LogP contribution in [0, 0.1) is 5.92 Å². The number of nitrogens with one attached hydrogen (secondary N) is 1. The lowest BCUT2D eigenvalue weighted by Gasteiger charge is -2.19. The molecule has 0 fully saturated rings. The molecule has 1 heterocycles. The van der Waals surface area contributed by atoms with Crippen molar-refractivity contribution in [3.63, 3.8) is 0 Å². The Balaban J connectivity index is 2.56. The van der Waals surface area contributed by atoms with Crippen molar-refractivity contribution in [2.45, 2.75) is 19.9 Å². The average molecular weight is 197 g/mol. The van der Waals surface area contributed by atoms with E-state index in [1.54, 1.807) is 6.07 Å². The molecule has 78 valence electrons. The van der Waals surface area contributed by atoms with Crippen LogP contribution in [-0.2, 0) is 0 Å². The number of carbonyl (C=O) groups excluding carboxylic acids is 1. The van der Waals surface area contributed by atoms with Crippen molar-refractivity contribution >= 4 is 5.91 Å². The Kier molecular flexibility index (Phi) is 3.71. The van der Waals surface area contributed by atoms with Crippen LogP contribution in [0.2, 0.25) is 0 Å². The lowest BCUT2D eigenvalue weighted by Crippen LogP contribution is -2.40. The highest BCUT2D eigenvalue weighted by atomic mass is 16.3. The van der Waals surface area contributed by atoms with Gasteiger partial charge in [0.05, 0.1) is 24.5 Å². The van der Waals surface area contributed by atoms with Crippen LogP contribution < -0.4 is 5.32 Å². The third kappa shape index (κ3) is 2.60. The van der Waals surface area contributed by atoms with Gasteiger partial charge in [0, 0.05) is 0 Å². The predicted molar refractivity (Wildman–Crippen MR) is 51.9 cm³/mol. The van der Waals surface area contributed by atoms with Crippen LogP contribution in [0.4, 0.5) is 0 Å². The van der Waals surface area contributed by atoms with Crippen molar-refractivity contribution < 1.29 is 14.3 Å². The summed E-state index contributed by atoms with van der Waals surface area (Å²) >= 11 is 0. The Bertz CT molecular complexity index is 280. The number of aliphatic hydroxyl groups is 1. The van der Waals surface area contributed by atoms with Crippen molar-refractivity contribution in [3.8, 4) is 0 Å². The first-order valence-electron chi connectivity index (χ1n) is 4.59. The van der Waals surface area contributed by atoms with Gasteiger partial charge in [-0.05, 0) is 12.0 Å². The molecule has 1 aromatic rings. The van der Waals surface area contributed by atoms with E-state index in [2.05, 4.69) is 5.32 Å². The van der Waals surface area contributed by atoms with Gasteiger partial charge in [-0.15, -0.1) is 0 Å². The van der Waals surface area contributed by atoms with Gasteiger partial charge in [0.15, 0.2) is 0 Å². The SMILES string of the molecule is CC(C)[C@@H](CO)NC(=O)c1ccoc1. The van der Waals surface area contributed by atoms with Gasteiger partial charge in [0.1, 0.15) is 6.26 Å². The highest BCUT2D eigenvalue weighted by Gasteiger charge is 2.16. The molecule has 0 aliphatic carbocycles. The molecular formula is C10H15NO3. The van der Waals surface area contributed by atoms with Crippen LogP contribution in [0.5, 0.6) is 0 Å². The molecule has 0 spiro atoms. The van der Waals surface area contributed by atoms with Crippen LogP contribution in [-0.4, -0.2) is 23.7 Å². The minimum atomic E-state index is -0.216. The van der Waals surface area contributed by atoms with Crippen molar-refractivity contribution in [1.82, 2.24) is 5.32 Å². The van der Waals surface area contributed by atoms with E-state index in [0.29, 0.717) is 5.56 Å². The standard InChI is InChI=1S/C10H15NO3/c1-7(2)9(5-12)11-10(13)8-3-4-14-6-8/h3-4,6-7,9,12H,5H2,1-2H3,(H,11,13)/t9-/m1/s1. The second-order valence-corrected chi connectivity index (χ2v) is 3.52. The average Bonchev–Trinajstić information content (AvgIpc) is 2.65. The second-order valence-electron chi connectivity index (χ2n) is 3.52. The molecular weight excluding hydrogens is 182 g/mol. The van der Waals surface area contributed by atoms with Crippen LogP contribution in [0.25, 0.3) is 0 Å². The number of hydrogen-bond donors (Lipinski definition) is 2. The molecule has 1 amide bonds. The molecule has 0 aliphatic rings. The maximum Gasteiger partial charge on any atom is 0.254 e. The Labute approximate surface area is 82.9 Å². The lowest BCUT2D eigenvalue weighted by atomic mass is 10.1. The highest BCUT2D eigenvalue weighted by molar-refractivity contribution is 5.93. The number of rotatable bonds is 4. The molecule has 0 unspecified atom stereocenters. The quantitative estimate of drug-likeness (QED) is 0.757. The summed E-state index contributed by atoms with van der Waals surface area (Å²) in [6, 6.07) is 1.38. The number of carbonyl (C=O) groups is 1. The maximum absolute atomic E-state index is 11.5. The number of furan rings is 1. The number of hydrogen-bond acceptors (Lipinski definition) is 3. The Hall–Kier alpha value is -1.29. The van der Waals surface area contributed by atoms with Crippen molar-refractivity contribution in [2.75, 3.05) is 6.61 Å². The molecule has 2 N–H and O–H groups in total. The van der Waals surface area contributed by atoms with E-state index in [0.717, 1.165) is 0 Å². The van der Waals surface area contributed by atoms with Gasteiger partial charge in [0.2, 0.25) is 0 Å². The van der Waals surface area contributed by atoms with Crippen molar-refractivity contribution in [2.24, 2.45) is 5.92 Å². The van der Waals surface area contributed by atoms with Gasteiger partial charge in [0.25, 0.3) is 5.91 Å². The van der Waals surface area contributed by atoms with Crippen LogP contribution in [0.1, 0.15) is 24.2 Å². The van der Waals surface area contributed by atoms with E-state index in [1.165, 1.54) is 12.5 Å². The lowest BCUT2D eigenvalue weighted by molar-refractivity contribution is 0.0896. The van der Waals surface area contributed by atoms with E-state index >= 15 is 0 Å². The van der Waals surface area contributed by atoms with Gasteiger partial charge in [-0.25, -0.2) is 0 Å². The first-order chi connectivity index (χ1) is 6.65. The van der Waals surface area contributed by atoms with E-state index < -0.39 is 0 Å². The van der Waals surface area contributed by atoms with Gasteiger partial charge in [-0.2, -0.15) is 0 Å². The van der Waals surface area contributed by atoms with E-state index in [4.69, 9.17) is 9.52 Å². The summed E-state index contributed by atoms with van der Waals surface area (Å²) in [6.07, 6.45) is 2.82. The molecule has 1 atom stereocenters. The summed E-state index contributed by atoms with van der Waals surface area (Å²) in [5.41, 5.74) is 0.476. The minimum Gasteiger partial charge on any atom is -0.472 e. The molecule has 4 nitrogen and oxygen atoms in total. The molecule has 14 heavy (non-hydrogen) atoms. The van der Waals surface area contributed by atoms with Crippen LogP contribution in [0.15, 0.2) is 23.0 Å². The van der Waals surface area contributed by atoms with Gasteiger partial charge in [-0.3, -0.25) is 4.79 Å². The topological polar surface area (TPSA) is 62.5 Å². The van der Waals surface area contributed by atoms with E-state index in [1.807, 2.05) is 13.8 Å². The Morgan fingerprint density at radius 3 is 2.79 bits per heavy atom. The molecule has 0 saturated heterocycles. The molecule has 1 aromatic heterocycles. The summed E-state index contributed by atoms with van der Waals surface area (Å²) in [7, 11) is 0. The molecule has 1 rings (SSSR count). The van der Waals surface area contributed by atoms with E-state index in [9.17, 15) is 4.79 Å². The first-order valence-corrected chi connectivity index (χ1v) is 4.59. The summed E-state index contributed by atoms with van der Waals surface area (Å²) < 4.78 is 4.79. The monoisotopic (exact) mass is 197 g/mol. The zero-order valence-electron chi connectivity index (χ0n) is 8.36. The normalized spacial score (nSPS) is 12.9. The minimum absolute atomic E-state index is 0.0543. The van der Waals surface area contributed by atoms with Gasteiger partial charge < -0.3 is 14.8 Å². The molecule has 4 heteroatoms. The van der Waals surface area contributed by atoms with Crippen LogP contribution >= 0.6 is 0 Å². The summed E-state index contributed by atoms with van der Waals surface area (Å²) in [6.45, 7) is 3.83. The smallest absolute Gasteiger partial charge is 0.254 e. The number of amides is 1. The van der Waals surface area contributed by atoms with Crippen molar-refractivity contribution in [3.05, 3.63) is 24.2 Å². The Morgan fingerprint density at radius 2 is 2.36 bits per heavy atom. The fourth-order valence-electron chi connectivity index (χ4n) is 1.07. The van der Waals surface area contributed by atoms with Gasteiger partial charge in [-0.1, -0.05) is 13.8 Å². The number of aliphatic hydroxyl groups excluding tert-OH is 1. The maximum atomic E-state index is 11.5.